The zero-order chi connectivity index (χ0) is 13.7. The molecule has 0 fully saturated rings. The highest BCUT2D eigenvalue weighted by Gasteiger charge is 2.18. The number of aromatic hydroxyl groups is 1. The van der Waals surface area contributed by atoms with Crippen LogP contribution in [-0.2, 0) is 4.79 Å². The number of rotatable bonds is 4. The van der Waals surface area contributed by atoms with E-state index in [0.29, 0.717) is 5.69 Å². The van der Waals surface area contributed by atoms with Gasteiger partial charge in [-0.1, -0.05) is 43.3 Å². The first kappa shape index (κ1) is 13.1. The SMILES string of the molecule is CCC(C(=O)Nc1cccc(O)c1)c1ccccc1. The predicted molar refractivity (Wildman–Crippen MR) is 76.2 cm³/mol. The van der Waals surface area contributed by atoms with Crippen molar-refractivity contribution >= 4 is 11.6 Å². The first-order valence-electron chi connectivity index (χ1n) is 6.35. The van der Waals surface area contributed by atoms with Crippen molar-refractivity contribution in [2.24, 2.45) is 0 Å². The summed E-state index contributed by atoms with van der Waals surface area (Å²) >= 11 is 0. The average Bonchev–Trinajstić information content (AvgIpc) is 2.41. The Morgan fingerprint density at radius 3 is 2.53 bits per heavy atom. The van der Waals surface area contributed by atoms with Crippen LogP contribution in [0.2, 0.25) is 0 Å². The molecular formula is C16H17NO2. The molecule has 0 spiro atoms. The number of benzene rings is 2. The minimum atomic E-state index is -0.177. The summed E-state index contributed by atoms with van der Waals surface area (Å²) in [4.78, 5) is 12.3. The van der Waals surface area contributed by atoms with Crippen molar-refractivity contribution in [3.05, 3.63) is 60.2 Å². The third kappa shape index (κ3) is 3.35. The second-order valence-electron chi connectivity index (χ2n) is 4.41. The third-order valence-electron chi connectivity index (χ3n) is 3.04. The lowest BCUT2D eigenvalue weighted by atomic mass is 9.95. The van der Waals surface area contributed by atoms with Crippen LogP contribution in [-0.4, -0.2) is 11.0 Å². The number of phenolic OH excluding ortho intramolecular Hbond substituents is 1. The highest BCUT2D eigenvalue weighted by molar-refractivity contribution is 5.95. The molecule has 19 heavy (non-hydrogen) atoms. The van der Waals surface area contributed by atoms with E-state index in [-0.39, 0.29) is 17.6 Å². The summed E-state index contributed by atoms with van der Waals surface area (Å²) in [6.45, 7) is 1.99. The Labute approximate surface area is 112 Å². The molecule has 0 saturated heterocycles. The van der Waals surface area contributed by atoms with Gasteiger partial charge in [0.1, 0.15) is 5.75 Å². The van der Waals surface area contributed by atoms with Gasteiger partial charge in [0.05, 0.1) is 5.92 Å². The molecule has 2 rings (SSSR count). The third-order valence-corrected chi connectivity index (χ3v) is 3.04. The van der Waals surface area contributed by atoms with E-state index in [1.807, 2.05) is 37.3 Å². The van der Waals surface area contributed by atoms with Crippen molar-refractivity contribution in [3.8, 4) is 5.75 Å². The van der Waals surface area contributed by atoms with E-state index in [1.165, 1.54) is 6.07 Å². The molecule has 0 saturated carbocycles. The molecule has 1 atom stereocenters. The van der Waals surface area contributed by atoms with Crippen LogP contribution in [0.3, 0.4) is 0 Å². The largest absolute Gasteiger partial charge is 0.508 e. The maximum Gasteiger partial charge on any atom is 0.231 e. The smallest absolute Gasteiger partial charge is 0.231 e. The van der Waals surface area contributed by atoms with Gasteiger partial charge in [-0.2, -0.15) is 0 Å². The molecule has 0 radical (unpaired) electrons. The molecule has 0 heterocycles. The number of anilines is 1. The molecule has 0 aliphatic heterocycles. The monoisotopic (exact) mass is 255 g/mol. The van der Waals surface area contributed by atoms with Gasteiger partial charge in [0, 0.05) is 11.8 Å². The van der Waals surface area contributed by atoms with Gasteiger partial charge in [-0.25, -0.2) is 0 Å². The molecule has 2 aromatic rings. The fourth-order valence-electron chi connectivity index (χ4n) is 2.07. The molecule has 2 aromatic carbocycles. The van der Waals surface area contributed by atoms with E-state index in [2.05, 4.69) is 5.32 Å². The molecule has 3 heteroatoms. The van der Waals surface area contributed by atoms with Crippen LogP contribution >= 0.6 is 0 Å². The molecule has 0 aliphatic carbocycles. The number of phenols is 1. The Kier molecular flexibility index (Phi) is 4.18. The number of hydrogen-bond donors (Lipinski definition) is 2. The van der Waals surface area contributed by atoms with E-state index in [0.717, 1.165) is 12.0 Å². The Balaban J connectivity index is 2.14. The van der Waals surface area contributed by atoms with Crippen molar-refractivity contribution in [2.75, 3.05) is 5.32 Å². The van der Waals surface area contributed by atoms with Gasteiger partial charge in [0.15, 0.2) is 0 Å². The zero-order valence-electron chi connectivity index (χ0n) is 10.8. The molecule has 0 aliphatic rings. The van der Waals surface area contributed by atoms with Crippen molar-refractivity contribution in [1.82, 2.24) is 0 Å². The average molecular weight is 255 g/mol. The van der Waals surface area contributed by atoms with Crippen LogP contribution in [0.15, 0.2) is 54.6 Å². The van der Waals surface area contributed by atoms with Crippen molar-refractivity contribution in [3.63, 3.8) is 0 Å². The molecule has 0 bridgehead atoms. The summed E-state index contributed by atoms with van der Waals surface area (Å²) in [6, 6.07) is 16.3. The van der Waals surface area contributed by atoms with Gasteiger partial charge in [0.2, 0.25) is 5.91 Å². The standard InChI is InChI=1S/C16H17NO2/c1-2-15(12-7-4-3-5-8-12)16(19)17-13-9-6-10-14(18)11-13/h3-11,15,18H,2H2,1H3,(H,17,19). The summed E-state index contributed by atoms with van der Waals surface area (Å²) in [6.07, 6.45) is 0.731. The van der Waals surface area contributed by atoms with E-state index in [9.17, 15) is 9.90 Å². The summed E-state index contributed by atoms with van der Waals surface area (Å²) in [7, 11) is 0. The molecule has 1 amide bonds. The van der Waals surface area contributed by atoms with Crippen LogP contribution in [0.25, 0.3) is 0 Å². The van der Waals surface area contributed by atoms with E-state index < -0.39 is 0 Å². The second-order valence-corrected chi connectivity index (χ2v) is 4.41. The fraction of sp³-hybridized carbons (Fsp3) is 0.188. The number of amides is 1. The molecule has 0 aromatic heterocycles. The number of hydrogen-bond acceptors (Lipinski definition) is 2. The Morgan fingerprint density at radius 2 is 1.89 bits per heavy atom. The quantitative estimate of drug-likeness (QED) is 0.878. The second kappa shape index (κ2) is 6.05. The van der Waals surface area contributed by atoms with Crippen molar-refractivity contribution < 1.29 is 9.90 Å². The molecule has 98 valence electrons. The summed E-state index contributed by atoms with van der Waals surface area (Å²) in [5.41, 5.74) is 1.61. The maximum absolute atomic E-state index is 12.3. The maximum atomic E-state index is 12.3. The number of carbonyl (C=O) groups excluding carboxylic acids is 1. The highest BCUT2D eigenvalue weighted by Crippen LogP contribution is 2.22. The first-order valence-corrected chi connectivity index (χ1v) is 6.35. The Hall–Kier alpha value is -2.29. The molecule has 1 unspecified atom stereocenters. The molecule has 3 nitrogen and oxygen atoms in total. The van der Waals surface area contributed by atoms with Crippen LogP contribution in [0.1, 0.15) is 24.8 Å². The molecular weight excluding hydrogens is 238 g/mol. The Morgan fingerprint density at radius 1 is 1.16 bits per heavy atom. The van der Waals surface area contributed by atoms with Gasteiger partial charge in [-0.15, -0.1) is 0 Å². The normalized spacial score (nSPS) is 11.8. The lowest BCUT2D eigenvalue weighted by molar-refractivity contribution is -0.117. The highest BCUT2D eigenvalue weighted by atomic mass is 16.3. The van der Waals surface area contributed by atoms with E-state index in [1.54, 1.807) is 18.2 Å². The molecule has 2 N–H and O–H groups in total. The van der Waals surface area contributed by atoms with Gasteiger partial charge in [0.25, 0.3) is 0 Å². The van der Waals surface area contributed by atoms with Crippen LogP contribution in [0, 0.1) is 0 Å². The van der Waals surface area contributed by atoms with E-state index >= 15 is 0 Å². The minimum absolute atomic E-state index is 0.0562. The summed E-state index contributed by atoms with van der Waals surface area (Å²) < 4.78 is 0. The number of carbonyl (C=O) groups is 1. The van der Waals surface area contributed by atoms with Gasteiger partial charge in [-0.05, 0) is 24.1 Å². The fourth-order valence-corrected chi connectivity index (χ4v) is 2.07. The topological polar surface area (TPSA) is 49.3 Å². The summed E-state index contributed by atoms with van der Waals surface area (Å²) in [5, 5.41) is 12.2. The minimum Gasteiger partial charge on any atom is -0.508 e. The number of nitrogens with one attached hydrogen (secondary N) is 1. The van der Waals surface area contributed by atoms with Crippen LogP contribution in [0.5, 0.6) is 5.75 Å². The van der Waals surface area contributed by atoms with Crippen LogP contribution in [0.4, 0.5) is 5.69 Å². The van der Waals surface area contributed by atoms with Crippen LogP contribution < -0.4 is 5.32 Å². The lowest BCUT2D eigenvalue weighted by Crippen LogP contribution is -2.20. The van der Waals surface area contributed by atoms with Crippen molar-refractivity contribution in [2.45, 2.75) is 19.3 Å². The van der Waals surface area contributed by atoms with Gasteiger partial charge in [-0.3, -0.25) is 4.79 Å². The van der Waals surface area contributed by atoms with Gasteiger partial charge < -0.3 is 10.4 Å². The lowest BCUT2D eigenvalue weighted by Gasteiger charge is -2.15. The predicted octanol–water partition coefficient (Wildman–Crippen LogP) is 3.52. The zero-order valence-corrected chi connectivity index (χ0v) is 10.8. The first-order chi connectivity index (χ1) is 9.20. The van der Waals surface area contributed by atoms with Crippen molar-refractivity contribution in [1.29, 1.82) is 0 Å². The van der Waals surface area contributed by atoms with E-state index in [4.69, 9.17) is 0 Å². The van der Waals surface area contributed by atoms with Gasteiger partial charge >= 0.3 is 0 Å². The Bertz CT molecular complexity index is 552. The summed E-state index contributed by atoms with van der Waals surface area (Å²) in [5.74, 6) is -0.0894.